The average Bonchev–Trinajstić information content (AvgIpc) is 2.29. The number of nitrogens with two attached hydrogens (primary N) is 1. The van der Waals surface area contributed by atoms with E-state index in [1.165, 1.54) is 19.3 Å². The van der Waals surface area contributed by atoms with Crippen molar-refractivity contribution in [2.75, 3.05) is 0 Å². The van der Waals surface area contributed by atoms with Gasteiger partial charge >= 0.3 is 0 Å². The molecule has 0 aromatic carbocycles. The first-order valence-electron chi connectivity index (χ1n) is 7.08. The van der Waals surface area contributed by atoms with E-state index < -0.39 is 5.67 Å². The van der Waals surface area contributed by atoms with Gasteiger partial charge in [0, 0.05) is 6.04 Å². The number of hydrogen-bond acceptors (Lipinski definition) is 1. The Morgan fingerprint density at radius 2 is 1.88 bits per heavy atom. The third-order valence-electron chi connectivity index (χ3n) is 4.92. The lowest BCUT2D eigenvalue weighted by atomic mass is 9.68. The summed E-state index contributed by atoms with van der Waals surface area (Å²) in [4.78, 5) is 0. The normalized spacial score (nSPS) is 45.6. The second kappa shape index (κ2) is 5.03. The molecule has 0 aliphatic heterocycles. The zero-order valence-corrected chi connectivity index (χ0v) is 10.6. The van der Waals surface area contributed by atoms with Crippen LogP contribution in [0.15, 0.2) is 0 Å². The quantitative estimate of drug-likeness (QED) is 0.762. The molecule has 0 saturated heterocycles. The summed E-state index contributed by atoms with van der Waals surface area (Å²) in [7, 11) is 0. The van der Waals surface area contributed by atoms with Crippen LogP contribution >= 0.6 is 0 Å². The first-order chi connectivity index (χ1) is 7.64. The number of halogens is 1. The summed E-state index contributed by atoms with van der Waals surface area (Å²) in [5, 5.41) is 0. The largest absolute Gasteiger partial charge is 0.328 e. The lowest BCUT2D eigenvalue weighted by Crippen LogP contribution is -2.44. The van der Waals surface area contributed by atoms with Crippen molar-refractivity contribution in [3.63, 3.8) is 0 Å². The van der Waals surface area contributed by atoms with Crippen LogP contribution in [0.3, 0.4) is 0 Å². The van der Waals surface area contributed by atoms with E-state index in [4.69, 9.17) is 5.73 Å². The molecule has 2 atom stereocenters. The SMILES string of the molecule is CCC1CCC(C2(F)CCCC(N)C2)CC1. The molecular formula is C14H26FN. The van der Waals surface area contributed by atoms with Crippen molar-refractivity contribution >= 4 is 0 Å². The standard InChI is InChI=1S/C14H26FN/c1-2-11-5-7-12(8-6-11)14(15)9-3-4-13(16)10-14/h11-13H,2-10,16H2,1H3. The van der Waals surface area contributed by atoms with Crippen LogP contribution in [-0.2, 0) is 0 Å². The van der Waals surface area contributed by atoms with Crippen LogP contribution in [0.25, 0.3) is 0 Å². The molecule has 2 aliphatic rings. The van der Waals surface area contributed by atoms with Gasteiger partial charge in [0.2, 0.25) is 0 Å². The number of alkyl halides is 1. The molecule has 2 saturated carbocycles. The highest BCUT2D eigenvalue weighted by Crippen LogP contribution is 2.45. The van der Waals surface area contributed by atoms with Gasteiger partial charge in [-0.05, 0) is 50.4 Å². The summed E-state index contributed by atoms with van der Waals surface area (Å²) in [6.07, 6.45) is 9.34. The van der Waals surface area contributed by atoms with Crippen LogP contribution in [-0.4, -0.2) is 11.7 Å². The van der Waals surface area contributed by atoms with Crippen molar-refractivity contribution < 1.29 is 4.39 Å². The summed E-state index contributed by atoms with van der Waals surface area (Å²) in [6, 6.07) is 0.114. The van der Waals surface area contributed by atoms with Crippen LogP contribution in [0.4, 0.5) is 4.39 Å². The minimum atomic E-state index is -0.920. The van der Waals surface area contributed by atoms with E-state index in [1.807, 2.05) is 0 Å². The lowest BCUT2D eigenvalue weighted by Gasteiger charge is -2.42. The number of rotatable bonds is 2. The molecule has 1 nitrogen and oxygen atoms in total. The van der Waals surface area contributed by atoms with Gasteiger partial charge in [-0.1, -0.05) is 26.2 Å². The highest BCUT2D eigenvalue weighted by molar-refractivity contribution is 4.95. The molecule has 0 heterocycles. The van der Waals surface area contributed by atoms with Gasteiger partial charge in [-0.2, -0.15) is 0 Å². The van der Waals surface area contributed by atoms with E-state index in [0.717, 1.165) is 38.0 Å². The molecule has 0 aromatic rings. The maximum atomic E-state index is 14.9. The lowest BCUT2D eigenvalue weighted by molar-refractivity contribution is 0.00531. The highest BCUT2D eigenvalue weighted by Gasteiger charge is 2.43. The third-order valence-corrected chi connectivity index (χ3v) is 4.92. The second-order valence-electron chi connectivity index (χ2n) is 6.02. The minimum Gasteiger partial charge on any atom is -0.328 e. The minimum absolute atomic E-state index is 0.114. The van der Waals surface area contributed by atoms with Crippen molar-refractivity contribution in [1.29, 1.82) is 0 Å². The Labute approximate surface area is 99.0 Å². The van der Waals surface area contributed by atoms with Crippen molar-refractivity contribution in [3.05, 3.63) is 0 Å². The molecule has 2 heteroatoms. The van der Waals surface area contributed by atoms with Gasteiger partial charge in [0.25, 0.3) is 0 Å². The zero-order valence-electron chi connectivity index (χ0n) is 10.6. The molecule has 16 heavy (non-hydrogen) atoms. The van der Waals surface area contributed by atoms with Crippen molar-refractivity contribution in [2.45, 2.75) is 76.4 Å². The Morgan fingerprint density at radius 3 is 2.44 bits per heavy atom. The third kappa shape index (κ3) is 2.58. The Balaban J connectivity index is 1.91. The van der Waals surface area contributed by atoms with Gasteiger partial charge in [-0.15, -0.1) is 0 Å². The molecular weight excluding hydrogens is 201 g/mol. The van der Waals surface area contributed by atoms with Crippen LogP contribution in [0, 0.1) is 11.8 Å². The van der Waals surface area contributed by atoms with Crippen LogP contribution in [0.2, 0.25) is 0 Å². The molecule has 94 valence electrons. The van der Waals surface area contributed by atoms with E-state index in [1.54, 1.807) is 0 Å². The maximum absolute atomic E-state index is 14.9. The van der Waals surface area contributed by atoms with E-state index in [2.05, 4.69) is 6.92 Å². The molecule has 0 radical (unpaired) electrons. The number of hydrogen-bond donors (Lipinski definition) is 1. The Hall–Kier alpha value is -0.110. The summed E-state index contributed by atoms with van der Waals surface area (Å²) >= 11 is 0. The first-order valence-corrected chi connectivity index (χ1v) is 7.08. The van der Waals surface area contributed by atoms with Gasteiger partial charge < -0.3 is 5.73 Å². The van der Waals surface area contributed by atoms with Crippen LogP contribution < -0.4 is 5.73 Å². The molecule has 2 N–H and O–H groups in total. The molecule has 2 aliphatic carbocycles. The molecule has 2 unspecified atom stereocenters. The summed E-state index contributed by atoms with van der Waals surface area (Å²) in [5.41, 5.74) is 5.01. The topological polar surface area (TPSA) is 26.0 Å². The van der Waals surface area contributed by atoms with Gasteiger partial charge in [0.15, 0.2) is 0 Å². The van der Waals surface area contributed by atoms with E-state index >= 15 is 0 Å². The monoisotopic (exact) mass is 227 g/mol. The Morgan fingerprint density at radius 1 is 1.19 bits per heavy atom. The maximum Gasteiger partial charge on any atom is 0.115 e. The van der Waals surface area contributed by atoms with Gasteiger partial charge in [0.1, 0.15) is 5.67 Å². The van der Waals surface area contributed by atoms with Crippen molar-refractivity contribution in [3.8, 4) is 0 Å². The molecule has 2 fully saturated rings. The smallest absolute Gasteiger partial charge is 0.115 e. The highest BCUT2D eigenvalue weighted by atomic mass is 19.1. The first kappa shape index (κ1) is 12.3. The van der Waals surface area contributed by atoms with E-state index in [-0.39, 0.29) is 6.04 Å². The zero-order chi connectivity index (χ0) is 11.6. The molecule has 0 aromatic heterocycles. The molecule has 2 rings (SSSR count). The van der Waals surface area contributed by atoms with E-state index in [9.17, 15) is 4.39 Å². The van der Waals surface area contributed by atoms with Gasteiger partial charge in [-0.3, -0.25) is 0 Å². The Bertz CT molecular complexity index is 223. The van der Waals surface area contributed by atoms with Crippen LogP contribution in [0.1, 0.15) is 64.7 Å². The molecule has 0 amide bonds. The van der Waals surface area contributed by atoms with Crippen molar-refractivity contribution in [1.82, 2.24) is 0 Å². The fourth-order valence-corrected chi connectivity index (χ4v) is 3.76. The van der Waals surface area contributed by atoms with Crippen LogP contribution in [0.5, 0.6) is 0 Å². The van der Waals surface area contributed by atoms with Gasteiger partial charge in [-0.25, -0.2) is 4.39 Å². The fourth-order valence-electron chi connectivity index (χ4n) is 3.76. The summed E-state index contributed by atoms with van der Waals surface area (Å²) in [5.74, 6) is 1.17. The molecule has 0 bridgehead atoms. The predicted molar refractivity (Wildman–Crippen MR) is 66.0 cm³/mol. The summed E-state index contributed by atoms with van der Waals surface area (Å²) < 4.78 is 14.9. The molecule has 0 spiro atoms. The second-order valence-corrected chi connectivity index (χ2v) is 6.02. The Kier molecular flexibility index (Phi) is 3.89. The van der Waals surface area contributed by atoms with Crippen molar-refractivity contribution in [2.24, 2.45) is 17.6 Å². The predicted octanol–water partition coefficient (Wildman–Crippen LogP) is 3.81. The fraction of sp³-hybridized carbons (Fsp3) is 1.00. The van der Waals surface area contributed by atoms with Gasteiger partial charge in [0.05, 0.1) is 0 Å². The summed E-state index contributed by atoms with van der Waals surface area (Å²) in [6.45, 7) is 2.26. The average molecular weight is 227 g/mol. The van der Waals surface area contributed by atoms with E-state index in [0.29, 0.717) is 12.3 Å².